The zero-order valence-electron chi connectivity index (χ0n) is 24.2. The molecule has 0 bridgehead atoms. The van der Waals surface area contributed by atoms with Crippen LogP contribution in [-0.2, 0) is 4.79 Å². The molecule has 8 nitrogen and oxygen atoms in total. The van der Waals surface area contributed by atoms with Gasteiger partial charge < -0.3 is 30.6 Å². The van der Waals surface area contributed by atoms with Crippen LogP contribution in [0.1, 0.15) is 73.8 Å². The van der Waals surface area contributed by atoms with Gasteiger partial charge in [-0.25, -0.2) is 0 Å². The number of ether oxygens (including phenoxy) is 1. The van der Waals surface area contributed by atoms with Crippen LogP contribution in [0.5, 0.6) is 11.5 Å². The SMILES string of the molecule is O=CNC(c1ccccc1)c1cccc(OCCCCCCCCCNCC(O)c2ccc(O)c3[nH]c(=O)ccc23)c1Cl. The van der Waals surface area contributed by atoms with E-state index in [1.807, 2.05) is 48.5 Å². The van der Waals surface area contributed by atoms with Crippen LogP contribution in [0.15, 0.2) is 77.6 Å². The van der Waals surface area contributed by atoms with E-state index in [4.69, 9.17) is 16.3 Å². The van der Waals surface area contributed by atoms with Gasteiger partial charge in [0.15, 0.2) is 0 Å². The van der Waals surface area contributed by atoms with Crippen LogP contribution in [0.4, 0.5) is 0 Å². The van der Waals surface area contributed by atoms with Crippen molar-refractivity contribution < 1.29 is 19.7 Å². The van der Waals surface area contributed by atoms with E-state index in [0.717, 1.165) is 62.6 Å². The van der Waals surface area contributed by atoms with E-state index in [9.17, 15) is 19.8 Å². The molecule has 4 aromatic rings. The van der Waals surface area contributed by atoms with E-state index in [1.165, 1.54) is 12.1 Å². The molecule has 5 N–H and O–H groups in total. The van der Waals surface area contributed by atoms with Crippen LogP contribution in [0.2, 0.25) is 5.02 Å². The summed E-state index contributed by atoms with van der Waals surface area (Å²) in [6.07, 6.45) is 7.55. The second-order valence-corrected chi connectivity index (χ2v) is 11.0. The monoisotopic (exact) mass is 605 g/mol. The first-order valence-corrected chi connectivity index (χ1v) is 15.3. The predicted octanol–water partition coefficient (Wildman–Crippen LogP) is 6.16. The van der Waals surface area contributed by atoms with E-state index in [1.54, 1.807) is 12.1 Å². The maximum atomic E-state index is 11.6. The molecule has 3 aromatic carbocycles. The van der Waals surface area contributed by atoms with Crippen LogP contribution in [-0.4, -0.2) is 41.3 Å². The third-order valence-electron chi connectivity index (χ3n) is 7.53. The molecule has 228 valence electrons. The Kier molecular flexibility index (Phi) is 12.5. The topological polar surface area (TPSA) is 124 Å². The Morgan fingerprint density at radius 1 is 0.860 bits per heavy atom. The third-order valence-corrected chi connectivity index (χ3v) is 7.94. The first-order chi connectivity index (χ1) is 21.0. The van der Waals surface area contributed by atoms with Gasteiger partial charge >= 0.3 is 0 Å². The smallest absolute Gasteiger partial charge is 0.248 e. The fraction of sp³-hybridized carbons (Fsp3) is 0.353. The van der Waals surface area contributed by atoms with Crippen molar-refractivity contribution in [3.05, 3.63) is 105 Å². The minimum atomic E-state index is -0.744. The van der Waals surface area contributed by atoms with Gasteiger partial charge in [0.25, 0.3) is 0 Å². The molecule has 0 aliphatic rings. The molecule has 9 heteroatoms. The summed E-state index contributed by atoms with van der Waals surface area (Å²) < 4.78 is 5.99. The number of pyridine rings is 1. The molecule has 2 atom stereocenters. The van der Waals surface area contributed by atoms with Crippen LogP contribution in [0, 0.1) is 0 Å². The van der Waals surface area contributed by atoms with Gasteiger partial charge in [0.1, 0.15) is 11.5 Å². The molecule has 0 fully saturated rings. The number of nitrogens with one attached hydrogen (secondary N) is 3. The first kappa shape index (κ1) is 32.1. The number of halogens is 1. The molecule has 1 amide bonds. The van der Waals surface area contributed by atoms with E-state index >= 15 is 0 Å². The largest absolute Gasteiger partial charge is 0.506 e. The Bertz CT molecular complexity index is 1510. The molecule has 0 radical (unpaired) electrons. The number of carbonyl (C=O) groups excluding carboxylic acids is 1. The molecule has 0 saturated heterocycles. The summed E-state index contributed by atoms with van der Waals surface area (Å²) in [4.78, 5) is 25.5. The Balaban J connectivity index is 1.08. The molecular weight excluding hydrogens is 566 g/mol. The van der Waals surface area contributed by atoms with E-state index in [0.29, 0.717) is 46.8 Å². The van der Waals surface area contributed by atoms with Gasteiger partial charge in [-0.3, -0.25) is 9.59 Å². The number of aliphatic hydroxyl groups is 1. The molecule has 0 aliphatic carbocycles. The summed E-state index contributed by atoms with van der Waals surface area (Å²) in [6.45, 7) is 1.79. The second-order valence-electron chi connectivity index (χ2n) is 10.6. The van der Waals surface area contributed by atoms with Gasteiger partial charge in [-0.05, 0) is 48.7 Å². The van der Waals surface area contributed by atoms with Gasteiger partial charge in [-0.2, -0.15) is 0 Å². The number of carbonyl (C=O) groups is 1. The van der Waals surface area contributed by atoms with Crippen molar-refractivity contribution in [3.63, 3.8) is 0 Å². The highest BCUT2D eigenvalue weighted by Gasteiger charge is 2.19. The number of benzene rings is 3. The Morgan fingerprint density at radius 3 is 2.37 bits per heavy atom. The molecule has 0 aliphatic heterocycles. The molecule has 1 aromatic heterocycles. The average Bonchev–Trinajstić information content (AvgIpc) is 3.02. The Morgan fingerprint density at radius 2 is 1.60 bits per heavy atom. The number of phenolic OH excluding ortho intramolecular Hbond substituents is 1. The van der Waals surface area contributed by atoms with Crippen LogP contribution < -0.4 is 20.9 Å². The van der Waals surface area contributed by atoms with Crippen molar-refractivity contribution in [3.8, 4) is 11.5 Å². The van der Waals surface area contributed by atoms with Gasteiger partial charge in [-0.15, -0.1) is 0 Å². The van der Waals surface area contributed by atoms with Crippen LogP contribution in [0.25, 0.3) is 10.9 Å². The zero-order valence-corrected chi connectivity index (χ0v) is 25.0. The quantitative estimate of drug-likeness (QED) is 0.0684. The molecule has 0 spiro atoms. The van der Waals surface area contributed by atoms with Crippen molar-refractivity contribution >= 4 is 28.9 Å². The summed E-state index contributed by atoms with van der Waals surface area (Å²) in [7, 11) is 0. The lowest BCUT2D eigenvalue weighted by Crippen LogP contribution is -2.22. The van der Waals surface area contributed by atoms with E-state index in [-0.39, 0.29) is 17.4 Å². The van der Waals surface area contributed by atoms with Crippen LogP contribution in [0.3, 0.4) is 0 Å². The Hall–Kier alpha value is -3.85. The number of phenols is 1. The molecule has 43 heavy (non-hydrogen) atoms. The third kappa shape index (κ3) is 9.07. The molecular formula is C34H40ClN3O5. The highest BCUT2D eigenvalue weighted by molar-refractivity contribution is 6.33. The highest BCUT2D eigenvalue weighted by atomic mass is 35.5. The maximum absolute atomic E-state index is 11.6. The van der Waals surface area contributed by atoms with Gasteiger partial charge in [0, 0.05) is 23.6 Å². The number of fused-ring (bicyclic) bond motifs is 1. The second kappa shape index (κ2) is 16.7. The zero-order chi connectivity index (χ0) is 30.4. The number of rotatable bonds is 18. The van der Waals surface area contributed by atoms with E-state index in [2.05, 4.69) is 15.6 Å². The number of amides is 1. The van der Waals surface area contributed by atoms with Crippen molar-refractivity contribution in [1.82, 2.24) is 15.6 Å². The molecule has 1 heterocycles. The lowest BCUT2D eigenvalue weighted by atomic mass is 9.98. The molecule has 2 unspecified atom stereocenters. The summed E-state index contributed by atoms with van der Waals surface area (Å²) in [5.41, 5.74) is 2.46. The molecule has 0 saturated carbocycles. The van der Waals surface area contributed by atoms with Crippen LogP contribution >= 0.6 is 11.6 Å². The number of aromatic amines is 1. The van der Waals surface area contributed by atoms with Crippen molar-refractivity contribution in [2.24, 2.45) is 0 Å². The maximum Gasteiger partial charge on any atom is 0.248 e. The number of aromatic hydroxyl groups is 1. The number of unbranched alkanes of at least 4 members (excludes halogenated alkanes) is 6. The normalized spacial score (nSPS) is 12.6. The van der Waals surface area contributed by atoms with E-state index < -0.39 is 6.10 Å². The lowest BCUT2D eigenvalue weighted by molar-refractivity contribution is -0.110. The lowest BCUT2D eigenvalue weighted by Gasteiger charge is -2.20. The van der Waals surface area contributed by atoms with Gasteiger partial charge in [-0.1, -0.05) is 92.2 Å². The van der Waals surface area contributed by atoms with Gasteiger partial charge in [0.05, 0.1) is 29.3 Å². The average molecular weight is 606 g/mol. The fourth-order valence-corrected chi connectivity index (χ4v) is 5.55. The van der Waals surface area contributed by atoms with Gasteiger partial charge in [0.2, 0.25) is 12.0 Å². The Labute approximate surface area is 257 Å². The fourth-order valence-electron chi connectivity index (χ4n) is 5.26. The summed E-state index contributed by atoms with van der Waals surface area (Å²) in [5, 5.41) is 28.0. The predicted molar refractivity (Wildman–Crippen MR) is 171 cm³/mol. The number of aromatic nitrogens is 1. The number of aliphatic hydroxyl groups excluding tert-OH is 1. The summed E-state index contributed by atoms with van der Waals surface area (Å²) in [6, 6.07) is 21.2. The minimum Gasteiger partial charge on any atom is -0.506 e. The van der Waals surface area contributed by atoms with Crippen molar-refractivity contribution in [2.75, 3.05) is 19.7 Å². The number of hydrogen-bond acceptors (Lipinski definition) is 6. The molecule has 4 rings (SSSR count). The summed E-state index contributed by atoms with van der Waals surface area (Å²) in [5.74, 6) is 0.611. The highest BCUT2D eigenvalue weighted by Crippen LogP contribution is 2.35. The van der Waals surface area contributed by atoms with Crippen molar-refractivity contribution in [2.45, 2.75) is 57.1 Å². The standard InChI is InChI=1S/C34H40ClN3O5/c35-32-27(33(37-23-39)24-12-7-6-8-13-24)14-11-15-30(32)43-21-10-5-3-1-2-4-9-20-36-22-29(41)25-16-18-28(40)34-26(25)17-19-31(42)38-34/h6-8,11-19,23,29,33,36,40-41H,1-5,9-10,20-22H2,(H,37,39)(H,38,42). The first-order valence-electron chi connectivity index (χ1n) is 14.9. The van der Waals surface area contributed by atoms with Crippen molar-refractivity contribution in [1.29, 1.82) is 0 Å². The number of hydrogen-bond donors (Lipinski definition) is 5. The summed E-state index contributed by atoms with van der Waals surface area (Å²) >= 11 is 6.68. The number of H-pyrrole nitrogens is 1. The minimum absolute atomic E-state index is 0.0132.